The fourth-order valence-electron chi connectivity index (χ4n) is 4.40. The minimum absolute atomic E-state index is 0.0415. The molecule has 6 nitrogen and oxygen atoms in total. The van der Waals surface area contributed by atoms with Crippen molar-refractivity contribution < 1.29 is 14.6 Å². The van der Waals surface area contributed by atoms with E-state index in [4.69, 9.17) is 4.74 Å². The van der Waals surface area contributed by atoms with E-state index < -0.39 is 5.60 Å². The Morgan fingerprint density at radius 2 is 1.76 bits per heavy atom. The predicted molar refractivity (Wildman–Crippen MR) is 111 cm³/mol. The van der Waals surface area contributed by atoms with Crippen molar-refractivity contribution in [2.45, 2.75) is 56.8 Å². The second kappa shape index (κ2) is 7.67. The summed E-state index contributed by atoms with van der Waals surface area (Å²) in [5.41, 5.74) is 2.45. The SMILES string of the molecule is C[C@@H](c1ccc(-c2ccn(C)c(=O)c2)cc1)N1CCC2(CCC(O)CC2)OC1=O. The molecule has 1 spiro atoms. The van der Waals surface area contributed by atoms with Crippen molar-refractivity contribution in [1.29, 1.82) is 0 Å². The molecule has 0 radical (unpaired) electrons. The van der Waals surface area contributed by atoms with Crippen LogP contribution in [0.25, 0.3) is 11.1 Å². The van der Waals surface area contributed by atoms with Gasteiger partial charge in [0.25, 0.3) is 5.56 Å². The van der Waals surface area contributed by atoms with Crippen LogP contribution in [-0.2, 0) is 11.8 Å². The van der Waals surface area contributed by atoms with Gasteiger partial charge in [-0.05, 0) is 55.4 Å². The van der Waals surface area contributed by atoms with Gasteiger partial charge < -0.3 is 19.3 Å². The van der Waals surface area contributed by atoms with E-state index in [0.29, 0.717) is 19.4 Å². The van der Waals surface area contributed by atoms with Gasteiger partial charge in [-0.1, -0.05) is 24.3 Å². The fraction of sp³-hybridized carbons (Fsp3) is 0.478. The van der Waals surface area contributed by atoms with Crippen LogP contribution in [0.5, 0.6) is 0 Å². The average molecular weight is 396 g/mol. The van der Waals surface area contributed by atoms with Gasteiger partial charge in [-0.2, -0.15) is 0 Å². The van der Waals surface area contributed by atoms with Crippen LogP contribution in [0.3, 0.4) is 0 Å². The Morgan fingerprint density at radius 1 is 1.07 bits per heavy atom. The van der Waals surface area contributed by atoms with Crippen molar-refractivity contribution in [2.24, 2.45) is 7.05 Å². The lowest BCUT2D eigenvalue weighted by atomic mass is 9.80. The molecule has 29 heavy (non-hydrogen) atoms. The van der Waals surface area contributed by atoms with E-state index in [9.17, 15) is 14.7 Å². The first-order valence-corrected chi connectivity index (χ1v) is 10.3. The third kappa shape index (κ3) is 3.94. The molecule has 1 amide bonds. The summed E-state index contributed by atoms with van der Waals surface area (Å²) in [7, 11) is 1.73. The monoisotopic (exact) mass is 396 g/mol. The van der Waals surface area contributed by atoms with Crippen LogP contribution in [0.2, 0.25) is 0 Å². The summed E-state index contributed by atoms with van der Waals surface area (Å²) in [6.07, 6.45) is 4.93. The number of carbonyl (C=O) groups excluding carboxylic acids is 1. The van der Waals surface area contributed by atoms with Crippen LogP contribution < -0.4 is 5.56 Å². The number of hydrogen-bond donors (Lipinski definition) is 1. The molecule has 1 aromatic heterocycles. The van der Waals surface area contributed by atoms with Gasteiger partial charge in [0, 0.05) is 32.3 Å². The van der Waals surface area contributed by atoms with Crippen molar-refractivity contribution in [3.8, 4) is 11.1 Å². The van der Waals surface area contributed by atoms with E-state index in [1.54, 1.807) is 28.8 Å². The number of rotatable bonds is 3. The number of pyridine rings is 1. The van der Waals surface area contributed by atoms with E-state index in [1.807, 2.05) is 37.3 Å². The molecule has 1 aliphatic heterocycles. The van der Waals surface area contributed by atoms with Crippen molar-refractivity contribution in [2.75, 3.05) is 6.54 Å². The van der Waals surface area contributed by atoms with Gasteiger partial charge >= 0.3 is 6.09 Å². The number of ether oxygens (including phenoxy) is 1. The Morgan fingerprint density at radius 3 is 2.38 bits per heavy atom. The maximum atomic E-state index is 12.7. The third-order valence-electron chi connectivity index (χ3n) is 6.51. The second-order valence-electron chi connectivity index (χ2n) is 8.39. The van der Waals surface area contributed by atoms with Crippen molar-refractivity contribution >= 4 is 6.09 Å². The lowest BCUT2D eigenvalue weighted by Crippen LogP contribution is -2.52. The largest absolute Gasteiger partial charge is 0.443 e. The van der Waals surface area contributed by atoms with E-state index >= 15 is 0 Å². The predicted octanol–water partition coefficient (Wildman–Crippen LogP) is 3.63. The molecule has 154 valence electrons. The summed E-state index contributed by atoms with van der Waals surface area (Å²) in [5, 5.41) is 9.74. The Labute approximate surface area is 170 Å². The third-order valence-corrected chi connectivity index (χ3v) is 6.51. The van der Waals surface area contributed by atoms with Gasteiger partial charge in [-0.15, -0.1) is 0 Å². The summed E-state index contributed by atoms with van der Waals surface area (Å²) in [6, 6.07) is 11.4. The number of aryl methyl sites for hydroxylation is 1. The number of aliphatic hydroxyl groups excluding tert-OH is 1. The molecule has 1 saturated carbocycles. The van der Waals surface area contributed by atoms with E-state index in [2.05, 4.69) is 0 Å². The van der Waals surface area contributed by atoms with Crippen LogP contribution in [0.1, 0.15) is 50.6 Å². The lowest BCUT2D eigenvalue weighted by molar-refractivity contribution is -0.0908. The standard InChI is InChI=1S/C23H28N2O4/c1-16(25-14-12-23(29-22(25)28)10-7-20(26)8-11-23)17-3-5-18(6-4-17)19-9-13-24(2)21(27)15-19/h3-6,9,13,15-16,20,26H,7-8,10-12,14H2,1-2H3/t16-,20?,23?/m0/s1. The minimum Gasteiger partial charge on any atom is -0.443 e. The highest BCUT2D eigenvalue weighted by Gasteiger charge is 2.44. The molecule has 0 bridgehead atoms. The number of aliphatic hydroxyl groups is 1. The second-order valence-corrected chi connectivity index (χ2v) is 8.39. The number of aromatic nitrogens is 1. The molecular formula is C23H28N2O4. The topological polar surface area (TPSA) is 71.8 Å². The zero-order valence-electron chi connectivity index (χ0n) is 17.0. The number of benzene rings is 1. The van der Waals surface area contributed by atoms with Crippen molar-refractivity contribution in [3.63, 3.8) is 0 Å². The number of carbonyl (C=O) groups is 1. The normalized spacial score (nSPS) is 25.7. The summed E-state index contributed by atoms with van der Waals surface area (Å²) in [4.78, 5) is 26.4. The van der Waals surface area contributed by atoms with E-state index in [1.165, 1.54) is 0 Å². The van der Waals surface area contributed by atoms with Crippen LogP contribution in [0.15, 0.2) is 47.4 Å². The van der Waals surface area contributed by atoms with Gasteiger partial charge in [0.15, 0.2) is 0 Å². The zero-order chi connectivity index (χ0) is 20.6. The molecule has 4 rings (SSSR count). The maximum Gasteiger partial charge on any atom is 0.410 e. The van der Waals surface area contributed by atoms with E-state index in [-0.39, 0.29) is 23.8 Å². The molecule has 1 saturated heterocycles. The molecule has 1 aliphatic carbocycles. The molecule has 1 N–H and O–H groups in total. The molecule has 2 fully saturated rings. The van der Waals surface area contributed by atoms with Gasteiger partial charge in [-0.3, -0.25) is 4.79 Å². The van der Waals surface area contributed by atoms with Gasteiger partial charge in [0.05, 0.1) is 12.1 Å². The minimum atomic E-state index is -0.393. The molecule has 1 aromatic carbocycles. The number of nitrogens with zero attached hydrogens (tertiary/aromatic N) is 2. The summed E-state index contributed by atoms with van der Waals surface area (Å²) < 4.78 is 7.42. The molecule has 2 aromatic rings. The highest BCUT2D eigenvalue weighted by molar-refractivity contribution is 5.70. The van der Waals surface area contributed by atoms with Crippen LogP contribution in [-0.4, -0.2) is 38.9 Å². The summed E-state index contributed by atoms with van der Waals surface area (Å²) >= 11 is 0. The van der Waals surface area contributed by atoms with Crippen molar-refractivity contribution in [1.82, 2.24) is 9.47 Å². The van der Waals surface area contributed by atoms with Gasteiger partial charge in [0.2, 0.25) is 0 Å². The first kappa shape index (κ1) is 19.7. The van der Waals surface area contributed by atoms with Gasteiger partial charge in [-0.25, -0.2) is 4.79 Å². The average Bonchev–Trinajstić information content (AvgIpc) is 2.72. The number of amides is 1. The molecule has 0 unspecified atom stereocenters. The van der Waals surface area contributed by atoms with Crippen molar-refractivity contribution in [3.05, 3.63) is 58.5 Å². The maximum absolute atomic E-state index is 12.7. The fourth-order valence-corrected chi connectivity index (χ4v) is 4.40. The highest BCUT2D eigenvalue weighted by Crippen LogP contribution is 2.39. The Kier molecular flexibility index (Phi) is 5.21. The smallest absolute Gasteiger partial charge is 0.410 e. The molecular weight excluding hydrogens is 368 g/mol. The lowest BCUT2D eigenvalue weighted by Gasteiger charge is -2.45. The quantitative estimate of drug-likeness (QED) is 0.860. The Hall–Kier alpha value is -2.60. The van der Waals surface area contributed by atoms with Crippen LogP contribution in [0.4, 0.5) is 4.79 Å². The molecule has 2 heterocycles. The molecule has 6 heteroatoms. The van der Waals surface area contributed by atoms with Crippen LogP contribution in [0, 0.1) is 0 Å². The first-order chi connectivity index (χ1) is 13.9. The Balaban J connectivity index is 1.46. The summed E-state index contributed by atoms with van der Waals surface area (Å²) in [6.45, 7) is 2.67. The van der Waals surface area contributed by atoms with E-state index in [0.717, 1.165) is 36.0 Å². The highest BCUT2D eigenvalue weighted by atomic mass is 16.6. The zero-order valence-corrected chi connectivity index (χ0v) is 17.0. The van der Waals surface area contributed by atoms with Crippen LogP contribution >= 0.6 is 0 Å². The Bertz CT molecular complexity index is 942. The van der Waals surface area contributed by atoms with Gasteiger partial charge in [0.1, 0.15) is 5.60 Å². The molecule has 1 atom stereocenters. The first-order valence-electron chi connectivity index (χ1n) is 10.3. The molecule has 2 aliphatic rings. The number of hydrogen-bond acceptors (Lipinski definition) is 4. The summed E-state index contributed by atoms with van der Waals surface area (Å²) in [5.74, 6) is 0.